The van der Waals surface area contributed by atoms with E-state index < -0.39 is 0 Å². The molecule has 1 N–H and O–H groups in total. The number of nitrogens with one attached hydrogen (secondary N) is 1. The molecule has 0 rings (SSSR count). The van der Waals surface area contributed by atoms with Gasteiger partial charge in [0.25, 0.3) is 0 Å². The fraction of sp³-hybridized carbons (Fsp3) is 0.750. The molecule has 0 aromatic rings. The highest BCUT2D eigenvalue weighted by Crippen LogP contribution is 1.93. The minimum Gasteiger partial charge on any atom is -0.319 e. The van der Waals surface area contributed by atoms with Gasteiger partial charge in [-0.15, -0.1) is 0 Å². The van der Waals surface area contributed by atoms with Crippen molar-refractivity contribution in [1.29, 1.82) is 0 Å². The summed E-state index contributed by atoms with van der Waals surface area (Å²) in [5.74, 6) is 0.696. The van der Waals surface area contributed by atoms with Gasteiger partial charge in [-0.2, -0.15) is 0 Å². The first-order chi connectivity index (χ1) is 4.27. The number of rotatable bonds is 4. The van der Waals surface area contributed by atoms with Crippen LogP contribution in [0.3, 0.4) is 0 Å². The molecular weight excluding hydrogens is 110 g/mol. The molecule has 0 aromatic carbocycles. The van der Waals surface area contributed by atoms with Crippen molar-refractivity contribution in [1.82, 2.24) is 5.32 Å². The molecule has 9 heavy (non-hydrogen) atoms. The van der Waals surface area contributed by atoms with Crippen molar-refractivity contribution in [2.24, 2.45) is 5.92 Å². The SMILES string of the molecule is CNCCC=CC(C)C. The zero-order valence-electron chi connectivity index (χ0n) is 6.65. The topological polar surface area (TPSA) is 12.0 Å². The van der Waals surface area contributed by atoms with Gasteiger partial charge in [-0.3, -0.25) is 0 Å². The Kier molecular flexibility index (Phi) is 5.64. The van der Waals surface area contributed by atoms with Gasteiger partial charge in [-0.1, -0.05) is 26.0 Å². The molecule has 0 aliphatic carbocycles. The normalized spacial score (nSPS) is 11.6. The second kappa shape index (κ2) is 5.83. The van der Waals surface area contributed by atoms with E-state index >= 15 is 0 Å². The lowest BCUT2D eigenvalue weighted by molar-refractivity contribution is 0.787. The van der Waals surface area contributed by atoms with Crippen molar-refractivity contribution in [3.63, 3.8) is 0 Å². The first-order valence-corrected chi connectivity index (χ1v) is 3.58. The van der Waals surface area contributed by atoms with Crippen LogP contribution in [-0.4, -0.2) is 13.6 Å². The van der Waals surface area contributed by atoms with Crippen molar-refractivity contribution in [3.05, 3.63) is 12.2 Å². The lowest BCUT2D eigenvalue weighted by Gasteiger charge is -1.93. The molecule has 0 spiro atoms. The van der Waals surface area contributed by atoms with Crippen LogP contribution in [-0.2, 0) is 0 Å². The smallest absolute Gasteiger partial charge is 0.00173 e. The third-order valence-electron chi connectivity index (χ3n) is 1.08. The Morgan fingerprint density at radius 3 is 2.56 bits per heavy atom. The predicted octanol–water partition coefficient (Wildman–Crippen LogP) is 1.81. The van der Waals surface area contributed by atoms with Gasteiger partial charge < -0.3 is 5.32 Å². The van der Waals surface area contributed by atoms with E-state index in [-0.39, 0.29) is 0 Å². The molecule has 0 bridgehead atoms. The molecule has 1 nitrogen and oxygen atoms in total. The first-order valence-electron chi connectivity index (χ1n) is 3.58. The molecule has 1 heteroatoms. The largest absolute Gasteiger partial charge is 0.319 e. The molecule has 0 aliphatic rings. The first kappa shape index (κ1) is 8.70. The molecule has 0 aromatic heterocycles. The highest BCUT2D eigenvalue weighted by atomic mass is 14.8. The van der Waals surface area contributed by atoms with Gasteiger partial charge in [0.05, 0.1) is 0 Å². The molecule has 0 fully saturated rings. The summed E-state index contributed by atoms with van der Waals surface area (Å²) in [6.07, 6.45) is 5.60. The lowest BCUT2D eigenvalue weighted by Crippen LogP contribution is -2.05. The molecular formula is C8H17N. The molecule has 0 saturated carbocycles. The van der Waals surface area contributed by atoms with Gasteiger partial charge in [0.2, 0.25) is 0 Å². The number of hydrogen-bond donors (Lipinski definition) is 1. The zero-order valence-corrected chi connectivity index (χ0v) is 6.65. The third kappa shape index (κ3) is 7.70. The van der Waals surface area contributed by atoms with Crippen molar-refractivity contribution >= 4 is 0 Å². The molecule has 0 heterocycles. The monoisotopic (exact) mass is 127 g/mol. The van der Waals surface area contributed by atoms with Crippen LogP contribution in [0.4, 0.5) is 0 Å². The average Bonchev–Trinajstić information content (AvgIpc) is 1.80. The van der Waals surface area contributed by atoms with E-state index in [1.807, 2.05) is 7.05 Å². The molecule has 0 aliphatic heterocycles. The number of hydrogen-bond acceptors (Lipinski definition) is 1. The molecule has 0 radical (unpaired) electrons. The van der Waals surface area contributed by atoms with Crippen LogP contribution in [0.15, 0.2) is 12.2 Å². The summed E-state index contributed by atoms with van der Waals surface area (Å²) in [7, 11) is 1.98. The maximum Gasteiger partial charge on any atom is -0.00173 e. The van der Waals surface area contributed by atoms with Crippen molar-refractivity contribution in [2.75, 3.05) is 13.6 Å². The summed E-state index contributed by atoms with van der Waals surface area (Å²) in [4.78, 5) is 0. The van der Waals surface area contributed by atoms with Crippen molar-refractivity contribution < 1.29 is 0 Å². The third-order valence-corrected chi connectivity index (χ3v) is 1.08. The van der Waals surface area contributed by atoms with E-state index in [0.717, 1.165) is 13.0 Å². The quantitative estimate of drug-likeness (QED) is 0.448. The summed E-state index contributed by atoms with van der Waals surface area (Å²) in [6.45, 7) is 5.47. The van der Waals surface area contributed by atoms with Gasteiger partial charge >= 0.3 is 0 Å². The molecule has 0 amide bonds. The maximum absolute atomic E-state index is 3.09. The Morgan fingerprint density at radius 2 is 2.11 bits per heavy atom. The van der Waals surface area contributed by atoms with E-state index in [4.69, 9.17) is 0 Å². The molecule has 0 unspecified atom stereocenters. The average molecular weight is 127 g/mol. The Bertz CT molecular complexity index is 74.6. The van der Waals surface area contributed by atoms with Crippen LogP contribution >= 0.6 is 0 Å². The Balaban J connectivity index is 3.04. The number of allylic oxidation sites excluding steroid dienone is 1. The zero-order chi connectivity index (χ0) is 7.11. The summed E-state index contributed by atoms with van der Waals surface area (Å²) in [6, 6.07) is 0. The molecule has 0 atom stereocenters. The fourth-order valence-electron chi connectivity index (χ4n) is 0.596. The van der Waals surface area contributed by atoms with E-state index in [1.165, 1.54) is 0 Å². The van der Waals surface area contributed by atoms with Crippen LogP contribution in [0.25, 0.3) is 0 Å². The minimum atomic E-state index is 0.696. The summed E-state index contributed by atoms with van der Waals surface area (Å²) in [5, 5.41) is 3.09. The summed E-state index contributed by atoms with van der Waals surface area (Å²) in [5.41, 5.74) is 0. The van der Waals surface area contributed by atoms with Crippen LogP contribution in [0.2, 0.25) is 0 Å². The molecule has 0 saturated heterocycles. The second-order valence-corrected chi connectivity index (χ2v) is 2.56. The van der Waals surface area contributed by atoms with E-state index in [2.05, 4.69) is 31.3 Å². The standard InChI is InChI=1S/C8H17N/c1-8(2)6-4-5-7-9-3/h4,6,8-9H,5,7H2,1-3H3. The van der Waals surface area contributed by atoms with E-state index in [1.54, 1.807) is 0 Å². The highest BCUT2D eigenvalue weighted by Gasteiger charge is 1.81. The van der Waals surface area contributed by atoms with Crippen molar-refractivity contribution in [2.45, 2.75) is 20.3 Å². The summed E-state index contributed by atoms with van der Waals surface area (Å²) >= 11 is 0. The lowest BCUT2D eigenvalue weighted by atomic mass is 10.2. The van der Waals surface area contributed by atoms with Gasteiger partial charge in [0, 0.05) is 0 Å². The van der Waals surface area contributed by atoms with Crippen LogP contribution in [0, 0.1) is 5.92 Å². The van der Waals surface area contributed by atoms with Crippen molar-refractivity contribution in [3.8, 4) is 0 Å². The van der Waals surface area contributed by atoms with Gasteiger partial charge in [0.15, 0.2) is 0 Å². The highest BCUT2D eigenvalue weighted by molar-refractivity contribution is 4.84. The van der Waals surface area contributed by atoms with Gasteiger partial charge in [-0.25, -0.2) is 0 Å². The minimum absolute atomic E-state index is 0.696. The Morgan fingerprint density at radius 1 is 1.44 bits per heavy atom. The Hall–Kier alpha value is -0.300. The maximum atomic E-state index is 3.09. The van der Waals surface area contributed by atoms with Crippen LogP contribution in [0.1, 0.15) is 20.3 Å². The van der Waals surface area contributed by atoms with Gasteiger partial charge in [-0.05, 0) is 25.9 Å². The fourth-order valence-corrected chi connectivity index (χ4v) is 0.596. The van der Waals surface area contributed by atoms with E-state index in [9.17, 15) is 0 Å². The second-order valence-electron chi connectivity index (χ2n) is 2.56. The van der Waals surface area contributed by atoms with Crippen LogP contribution in [0.5, 0.6) is 0 Å². The predicted molar refractivity (Wildman–Crippen MR) is 42.5 cm³/mol. The van der Waals surface area contributed by atoms with Gasteiger partial charge in [0.1, 0.15) is 0 Å². The summed E-state index contributed by atoms with van der Waals surface area (Å²) < 4.78 is 0. The molecule has 54 valence electrons. The van der Waals surface area contributed by atoms with Crippen LogP contribution < -0.4 is 5.32 Å². The van der Waals surface area contributed by atoms with E-state index in [0.29, 0.717) is 5.92 Å². The Labute approximate surface area is 58.2 Å².